The third-order valence-corrected chi connectivity index (χ3v) is 4.10. The lowest BCUT2D eigenvalue weighted by Gasteiger charge is -2.37. The second-order valence-electron chi connectivity index (χ2n) is 5.25. The monoisotopic (exact) mass is 232 g/mol. The van der Waals surface area contributed by atoms with E-state index in [4.69, 9.17) is 5.73 Å². The summed E-state index contributed by atoms with van der Waals surface area (Å²) in [5.41, 5.74) is 9.32. The number of nitrogen functional groups attached to an aromatic ring is 1. The minimum atomic E-state index is -0.154. The Morgan fingerprint density at radius 1 is 1.24 bits per heavy atom. The average molecular weight is 232 g/mol. The Morgan fingerprint density at radius 2 is 2.12 bits per heavy atom. The van der Waals surface area contributed by atoms with Crippen LogP contribution >= 0.6 is 0 Å². The van der Waals surface area contributed by atoms with E-state index in [1.54, 1.807) is 0 Å². The Bertz CT molecular complexity index is 419. The summed E-state index contributed by atoms with van der Waals surface area (Å²) in [6.07, 6.45) is 5.33. The lowest BCUT2D eigenvalue weighted by molar-refractivity contribution is 0.160. The highest BCUT2D eigenvalue weighted by atomic mass is 16.3. The molecule has 0 aromatic heterocycles. The van der Waals surface area contributed by atoms with Gasteiger partial charge in [-0.3, -0.25) is 0 Å². The number of anilines is 2. The van der Waals surface area contributed by atoms with E-state index in [-0.39, 0.29) is 6.10 Å². The molecule has 1 heterocycles. The van der Waals surface area contributed by atoms with Crippen molar-refractivity contribution in [2.24, 2.45) is 0 Å². The van der Waals surface area contributed by atoms with Crippen molar-refractivity contribution in [2.45, 2.75) is 44.2 Å². The van der Waals surface area contributed by atoms with Crippen molar-refractivity contribution >= 4 is 11.4 Å². The van der Waals surface area contributed by atoms with Crippen molar-refractivity contribution in [3.63, 3.8) is 0 Å². The Morgan fingerprint density at radius 3 is 2.88 bits per heavy atom. The first-order valence-electron chi connectivity index (χ1n) is 6.59. The van der Waals surface area contributed by atoms with E-state index in [0.717, 1.165) is 37.9 Å². The van der Waals surface area contributed by atoms with Gasteiger partial charge in [-0.05, 0) is 55.9 Å². The summed E-state index contributed by atoms with van der Waals surface area (Å²) in [6.45, 7) is 1.07. The highest BCUT2D eigenvalue weighted by molar-refractivity contribution is 5.61. The Hall–Kier alpha value is -1.22. The third kappa shape index (κ3) is 1.89. The van der Waals surface area contributed by atoms with E-state index in [1.165, 1.54) is 17.7 Å². The molecule has 0 radical (unpaired) electrons. The van der Waals surface area contributed by atoms with E-state index in [1.807, 2.05) is 6.07 Å². The first kappa shape index (κ1) is 10.9. The summed E-state index contributed by atoms with van der Waals surface area (Å²) >= 11 is 0. The molecule has 0 amide bonds. The minimum absolute atomic E-state index is 0.154. The van der Waals surface area contributed by atoms with E-state index < -0.39 is 0 Å². The van der Waals surface area contributed by atoms with Crippen molar-refractivity contribution in [3.8, 4) is 0 Å². The fourth-order valence-corrected chi connectivity index (χ4v) is 3.28. The van der Waals surface area contributed by atoms with E-state index in [0.29, 0.717) is 6.04 Å². The van der Waals surface area contributed by atoms with Crippen molar-refractivity contribution < 1.29 is 5.11 Å². The second kappa shape index (κ2) is 4.22. The lowest BCUT2D eigenvalue weighted by atomic mass is 9.98. The van der Waals surface area contributed by atoms with Gasteiger partial charge < -0.3 is 15.7 Å². The standard InChI is InChI=1S/C14H20N2O/c15-11-6-7-12-10(9-11)3-2-8-16(12)13-4-1-5-14(13)17/h6-7,9,13-14,17H,1-5,8,15H2. The molecule has 3 heteroatoms. The molecule has 1 saturated carbocycles. The van der Waals surface area contributed by atoms with Gasteiger partial charge in [-0.15, -0.1) is 0 Å². The number of aryl methyl sites for hydroxylation is 1. The SMILES string of the molecule is Nc1ccc2c(c1)CCCN2C1CCCC1O. The molecule has 17 heavy (non-hydrogen) atoms. The fraction of sp³-hybridized carbons (Fsp3) is 0.571. The molecule has 3 rings (SSSR count). The Labute approximate surface area is 102 Å². The van der Waals surface area contributed by atoms with Crippen LogP contribution in [0.4, 0.5) is 11.4 Å². The maximum absolute atomic E-state index is 10.1. The van der Waals surface area contributed by atoms with Crippen LogP contribution < -0.4 is 10.6 Å². The number of aliphatic hydroxyl groups is 1. The number of hydrogen-bond acceptors (Lipinski definition) is 3. The van der Waals surface area contributed by atoms with Crippen LogP contribution in [0.15, 0.2) is 18.2 Å². The third-order valence-electron chi connectivity index (χ3n) is 4.10. The molecule has 3 nitrogen and oxygen atoms in total. The molecule has 1 aromatic rings. The average Bonchev–Trinajstić information content (AvgIpc) is 2.74. The van der Waals surface area contributed by atoms with Crippen LogP contribution in [0, 0.1) is 0 Å². The number of benzene rings is 1. The summed E-state index contributed by atoms with van der Waals surface area (Å²) in [5.74, 6) is 0. The molecule has 1 aromatic carbocycles. The van der Waals surface area contributed by atoms with Crippen molar-refractivity contribution in [1.82, 2.24) is 0 Å². The van der Waals surface area contributed by atoms with Crippen LogP contribution in [0.1, 0.15) is 31.2 Å². The van der Waals surface area contributed by atoms with Crippen LogP contribution in [0.3, 0.4) is 0 Å². The number of aliphatic hydroxyl groups excluding tert-OH is 1. The summed E-state index contributed by atoms with van der Waals surface area (Å²) in [6, 6.07) is 6.49. The molecule has 1 fully saturated rings. The Balaban J connectivity index is 1.93. The first-order valence-corrected chi connectivity index (χ1v) is 6.59. The maximum Gasteiger partial charge on any atom is 0.0743 e. The zero-order valence-corrected chi connectivity index (χ0v) is 10.1. The van der Waals surface area contributed by atoms with Gasteiger partial charge in [-0.2, -0.15) is 0 Å². The van der Waals surface area contributed by atoms with Crippen LogP contribution in [0.2, 0.25) is 0 Å². The smallest absolute Gasteiger partial charge is 0.0743 e. The van der Waals surface area contributed by atoms with Gasteiger partial charge in [0.15, 0.2) is 0 Å². The maximum atomic E-state index is 10.1. The van der Waals surface area contributed by atoms with Gasteiger partial charge in [-0.25, -0.2) is 0 Å². The van der Waals surface area contributed by atoms with Crippen LogP contribution in [-0.4, -0.2) is 23.8 Å². The van der Waals surface area contributed by atoms with Gasteiger partial charge in [0.05, 0.1) is 12.1 Å². The summed E-state index contributed by atoms with van der Waals surface area (Å²) in [4.78, 5) is 2.40. The van der Waals surface area contributed by atoms with Gasteiger partial charge in [0.25, 0.3) is 0 Å². The normalized spacial score (nSPS) is 28.2. The minimum Gasteiger partial charge on any atom is -0.399 e. The number of fused-ring (bicyclic) bond motifs is 1. The Kier molecular flexibility index (Phi) is 2.71. The molecule has 92 valence electrons. The van der Waals surface area contributed by atoms with Crippen LogP contribution in [0.25, 0.3) is 0 Å². The highest BCUT2D eigenvalue weighted by Gasteiger charge is 2.32. The zero-order valence-electron chi connectivity index (χ0n) is 10.1. The molecular weight excluding hydrogens is 212 g/mol. The molecule has 1 aliphatic carbocycles. The summed E-state index contributed by atoms with van der Waals surface area (Å²) < 4.78 is 0. The number of rotatable bonds is 1. The number of nitrogens with zero attached hydrogens (tertiary/aromatic N) is 1. The lowest BCUT2D eigenvalue weighted by Crippen LogP contribution is -2.43. The molecule has 0 bridgehead atoms. The van der Waals surface area contributed by atoms with E-state index in [2.05, 4.69) is 17.0 Å². The van der Waals surface area contributed by atoms with Gasteiger partial charge >= 0.3 is 0 Å². The quantitative estimate of drug-likeness (QED) is 0.727. The summed E-state index contributed by atoms with van der Waals surface area (Å²) in [5, 5.41) is 10.1. The molecule has 0 spiro atoms. The molecule has 2 unspecified atom stereocenters. The van der Waals surface area contributed by atoms with E-state index >= 15 is 0 Å². The molecule has 3 N–H and O–H groups in total. The molecule has 2 atom stereocenters. The first-order chi connectivity index (χ1) is 8.25. The van der Waals surface area contributed by atoms with E-state index in [9.17, 15) is 5.11 Å². The fourth-order valence-electron chi connectivity index (χ4n) is 3.28. The molecular formula is C14H20N2O. The van der Waals surface area contributed by atoms with Crippen molar-refractivity contribution in [2.75, 3.05) is 17.2 Å². The highest BCUT2D eigenvalue weighted by Crippen LogP contribution is 2.35. The summed E-state index contributed by atoms with van der Waals surface area (Å²) in [7, 11) is 0. The zero-order chi connectivity index (χ0) is 11.8. The molecule has 2 aliphatic rings. The molecule has 1 aliphatic heterocycles. The van der Waals surface area contributed by atoms with Gasteiger partial charge in [0.1, 0.15) is 0 Å². The largest absolute Gasteiger partial charge is 0.399 e. The topological polar surface area (TPSA) is 49.5 Å². The van der Waals surface area contributed by atoms with Gasteiger partial charge in [0, 0.05) is 17.9 Å². The predicted molar refractivity (Wildman–Crippen MR) is 70.2 cm³/mol. The number of nitrogens with two attached hydrogens (primary N) is 1. The van der Waals surface area contributed by atoms with Crippen LogP contribution in [0.5, 0.6) is 0 Å². The van der Waals surface area contributed by atoms with Gasteiger partial charge in [-0.1, -0.05) is 0 Å². The van der Waals surface area contributed by atoms with Gasteiger partial charge in [0.2, 0.25) is 0 Å². The van der Waals surface area contributed by atoms with Crippen LogP contribution in [-0.2, 0) is 6.42 Å². The predicted octanol–water partition coefficient (Wildman–Crippen LogP) is 1.93. The second-order valence-corrected chi connectivity index (χ2v) is 5.25. The number of hydrogen-bond donors (Lipinski definition) is 2. The van der Waals surface area contributed by atoms with Crippen molar-refractivity contribution in [1.29, 1.82) is 0 Å². The molecule has 0 saturated heterocycles. The van der Waals surface area contributed by atoms with Crippen molar-refractivity contribution in [3.05, 3.63) is 23.8 Å².